The van der Waals surface area contributed by atoms with E-state index in [-0.39, 0.29) is 11.2 Å². The zero-order chi connectivity index (χ0) is 19.8. The molecule has 0 amide bonds. The lowest BCUT2D eigenvalue weighted by Crippen LogP contribution is -2.42. The Bertz CT molecular complexity index is 915. The van der Waals surface area contributed by atoms with Gasteiger partial charge < -0.3 is 10.6 Å². The summed E-state index contributed by atoms with van der Waals surface area (Å²) in [6.07, 6.45) is 10.5. The number of anilines is 2. The summed E-state index contributed by atoms with van der Waals surface area (Å²) in [5.74, 6) is 3.11. The normalized spacial score (nSPS) is 19.1. The summed E-state index contributed by atoms with van der Waals surface area (Å²) in [6.45, 7) is 7.93. The minimum atomic E-state index is 0.122. The van der Waals surface area contributed by atoms with Crippen molar-refractivity contribution in [1.29, 1.82) is 0 Å². The molecule has 4 rings (SSSR count). The fourth-order valence-electron chi connectivity index (χ4n) is 4.32. The second-order valence-electron chi connectivity index (χ2n) is 7.18. The van der Waals surface area contributed by atoms with E-state index < -0.39 is 0 Å². The van der Waals surface area contributed by atoms with E-state index in [9.17, 15) is 0 Å². The molecule has 0 saturated heterocycles. The van der Waals surface area contributed by atoms with Crippen LogP contribution in [0.15, 0.2) is 30.3 Å². The van der Waals surface area contributed by atoms with Gasteiger partial charge in [0.2, 0.25) is 5.95 Å². The molecule has 1 aliphatic carbocycles. The van der Waals surface area contributed by atoms with Crippen LogP contribution in [0.2, 0.25) is 0 Å². The van der Waals surface area contributed by atoms with Gasteiger partial charge in [0.1, 0.15) is 16.7 Å². The van der Waals surface area contributed by atoms with Gasteiger partial charge in [-0.15, -0.1) is 10.2 Å². The number of nitrogens with two attached hydrogens (primary N) is 1. The number of rotatable bonds is 5. The molecule has 1 saturated carbocycles. The molecule has 28 heavy (non-hydrogen) atoms. The van der Waals surface area contributed by atoms with E-state index >= 15 is 0 Å². The smallest absolute Gasteiger partial charge is 0.236 e. The second kappa shape index (κ2) is 7.43. The molecule has 9 heteroatoms. The van der Waals surface area contributed by atoms with E-state index in [2.05, 4.69) is 38.2 Å². The number of aromatic nitrogens is 5. The molecule has 148 valence electrons. The van der Waals surface area contributed by atoms with Gasteiger partial charge in [0.25, 0.3) is 0 Å². The monoisotopic (exact) mass is 400 g/mol. The Balaban J connectivity index is 1.91. The first-order valence-electron chi connectivity index (χ1n) is 9.66. The molecule has 2 aromatic heterocycles. The summed E-state index contributed by atoms with van der Waals surface area (Å²) in [5.41, 5.74) is 6.47. The minimum absolute atomic E-state index is 0.122. The average molecular weight is 401 g/mol. The van der Waals surface area contributed by atoms with Crippen LogP contribution in [0.1, 0.15) is 56.7 Å². The molecule has 8 nitrogen and oxygen atoms in total. The highest BCUT2D eigenvalue weighted by atomic mass is 35.5. The maximum atomic E-state index is 6.15. The van der Waals surface area contributed by atoms with Crippen molar-refractivity contribution in [2.45, 2.75) is 58.0 Å². The quantitative estimate of drug-likeness (QED) is 0.768. The van der Waals surface area contributed by atoms with Crippen molar-refractivity contribution in [3.05, 3.63) is 42.0 Å². The Morgan fingerprint density at radius 3 is 2.79 bits per heavy atom. The summed E-state index contributed by atoms with van der Waals surface area (Å²) in [6, 6.07) is 0.548. The van der Waals surface area contributed by atoms with E-state index in [1.165, 1.54) is 19.0 Å². The van der Waals surface area contributed by atoms with Crippen LogP contribution >= 0.6 is 11.6 Å². The molecule has 1 atom stereocenters. The fraction of sp³-hybridized carbons (Fsp3) is 0.474. The molecule has 1 fully saturated rings. The lowest BCUT2D eigenvalue weighted by atomic mass is 10.0. The standard InChI is InChI=1S/C19H25ClN8/c1-4-15-18-25-24-13(3)27(18)16-11-22-19(26(10-9-21)12(2)20)23-17(16)28(15)14-7-5-6-8-14/h9-11,14-15H,2,4-8,21H2,1,3H3/b10-9-/t15-/m1/s1. The Morgan fingerprint density at radius 1 is 1.39 bits per heavy atom. The van der Waals surface area contributed by atoms with Crippen molar-refractivity contribution in [2.75, 3.05) is 9.80 Å². The second-order valence-corrected chi connectivity index (χ2v) is 7.61. The van der Waals surface area contributed by atoms with Gasteiger partial charge in [-0.05, 0) is 26.2 Å². The van der Waals surface area contributed by atoms with Crippen LogP contribution in [0.5, 0.6) is 0 Å². The highest BCUT2D eigenvalue weighted by molar-refractivity contribution is 6.30. The van der Waals surface area contributed by atoms with Crippen molar-refractivity contribution in [1.82, 2.24) is 24.7 Å². The van der Waals surface area contributed by atoms with Crippen molar-refractivity contribution in [3.8, 4) is 5.69 Å². The van der Waals surface area contributed by atoms with E-state index in [0.29, 0.717) is 12.0 Å². The molecule has 0 unspecified atom stereocenters. The van der Waals surface area contributed by atoms with Crippen LogP contribution in [-0.2, 0) is 0 Å². The Kier molecular flexibility index (Phi) is 4.97. The lowest BCUT2D eigenvalue weighted by molar-refractivity contribution is 0.468. The SMILES string of the molecule is C=C(Cl)N(/C=C\N)c1ncc2c(n1)N(C1CCCC1)[C@H](CC)c1nnc(C)n1-2. The van der Waals surface area contributed by atoms with Crippen LogP contribution in [0.25, 0.3) is 5.69 Å². The maximum Gasteiger partial charge on any atom is 0.236 e. The molecular formula is C19H25ClN8. The van der Waals surface area contributed by atoms with Crippen molar-refractivity contribution >= 4 is 23.4 Å². The van der Waals surface area contributed by atoms with Crippen LogP contribution in [0, 0.1) is 6.92 Å². The number of hydrogen-bond donors (Lipinski definition) is 1. The average Bonchev–Trinajstić information content (AvgIpc) is 3.34. The molecule has 0 aromatic carbocycles. The molecule has 2 aliphatic rings. The first-order valence-corrected chi connectivity index (χ1v) is 10.0. The molecule has 3 heterocycles. The number of aryl methyl sites for hydroxylation is 1. The molecule has 0 bridgehead atoms. The summed E-state index contributed by atoms with van der Waals surface area (Å²) < 4.78 is 2.07. The van der Waals surface area contributed by atoms with Gasteiger partial charge in [-0.3, -0.25) is 9.47 Å². The van der Waals surface area contributed by atoms with Gasteiger partial charge in [0.05, 0.1) is 12.2 Å². The molecular weight excluding hydrogens is 376 g/mol. The van der Waals surface area contributed by atoms with Gasteiger partial charge in [-0.25, -0.2) is 4.98 Å². The van der Waals surface area contributed by atoms with E-state index in [1.54, 1.807) is 11.1 Å². The topological polar surface area (TPSA) is 89.0 Å². The molecule has 0 radical (unpaired) electrons. The molecule has 2 N–H and O–H groups in total. The Morgan fingerprint density at radius 2 is 2.14 bits per heavy atom. The number of fused-ring (bicyclic) bond motifs is 3. The van der Waals surface area contributed by atoms with Crippen LogP contribution < -0.4 is 15.5 Å². The summed E-state index contributed by atoms with van der Waals surface area (Å²) in [7, 11) is 0. The van der Waals surface area contributed by atoms with Crippen molar-refractivity contribution in [3.63, 3.8) is 0 Å². The maximum absolute atomic E-state index is 6.15. The van der Waals surface area contributed by atoms with Gasteiger partial charge in [-0.1, -0.05) is 37.9 Å². The highest BCUT2D eigenvalue weighted by Crippen LogP contribution is 2.43. The zero-order valence-electron chi connectivity index (χ0n) is 16.2. The Hall–Kier alpha value is -2.61. The first kappa shape index (κ1) is 18.7. The first-order chi connectivity index (χ1) is 13.6. The lowest BCUT2D eigenvalue weighted by Gasteiger charge is -2.41. The third kappa shape index (κ3) is 2.92. The number of halogens is 1. The van der Waals surface area contributed by atoms with E-state index in [1.807, 2.05) is 13.1 Å². The Labute approximate surface area is 169 Å². The predicted octanol–water partition coefficient (Wildman–Crippen LogP) is 3.53. The number of nitrogens with zero attached hydrogens (tertiary/aromatic N) is 7. The van der Waals surface area contributed by atoms with Gasteiger partial charge in [0.15, 0.2) is 11.6 Å². The van der Waals surface area contributed by atoms with Crippen LogP contribution in [-0.4, -0.2) is 30.8 Å². The zero-order valence-corrected chi connectivity index (χ0v) is 17.0. The van der Waals surface area contributed by atoms with E-state index in [0.717, 1.165) is 42.4 Å². The molecule has 0 spiro atoms. The minimum Gasteiger partial charge on any atom is -0.403 e. The summed E-state index contributed by atoms with van der Waals surface area (Å²) >= 11 is 6.15. The van der Waals surface area contributed by atoms with E-state index in [4.69, 9.17) is 22.3 Å². The predicted molar refractivity (Wildman–Crippen MR) is 110 cm³/mol. The number of hydrogen-bond acceptors (Lipinski definition) is 7. The van der Waals surface area contributed by atoms with Gasteiger partial charge in [-0.2, -0.15) is 4.98 Å². The van der Waals surface area contributed by atoms with Crippen LogP contribution in [0.4, 0.5) is 11.8 Å². The summed E-state index contributed by atoms with van der Waals surface area (Å²) in [4.78, 5) is 13.4. The van der Waals surface area contributed by atoms with Gasteiger partial charge in [0, 0.05) is 18.4 Å². The third-order valence-electron chi connectivity index (χ3n) is 5.52. The van der Waals surface area contributed by atoms with Gasteiger partial charge >= 0.3 is 0 Å². The largest absolute Gasteiger partial charge is 0.403 e. The van der Waals surface area contributed by atoms with Crippen LogP contribution in [0.3, 0.4) is 0 Å². The molecule has 1 aliphatic heterocycles. The van der Waals surface area contributed by atoms with Crippen molar-refractivity contribution < 1.29 is 0 Å². The third-order valence-corrected chi connectivity index (χ3v) is 5.71. The summed E-state index contributed by atoms with van der Waals surface area (Å²) in [5, 5.41) is 9.09. The molecule has 2 aromatic rings. The highest BCUT2D eigenvalue weighted by Gasteiger charge is 2.39. The fourth-order valence-corrected chi connectivity index (χ4v) is 4.45. The van der Waals surface area contributed by atoms with Crippen molar-refractivity contribution in [2.24, 2.45) is 5.73 Å².